The number of benzene rings is 4. The van der Waals surface area contributed by atoms with E-state index in [0.29, 0.717) is 68.5 Å². The summed E-state index contributed by atoms with van der Waals surface area (Å²) in [6.07, 6.45) is -3.60. The summed E-state index contributed by atoms with van der Waals surface area (Å²) in [5, 5.41) is 10.3. The van der Waals surface area contributed by atoms with Crippen molar-refractivity contribution >= 4 is 17.8 Å². The molecule has 2 saturated heterocycles. The average Bonchev–Trinajstić information content (AvgIpc) is 3.16. The molecule has 2 fully saturated rings. The molecule has 4 aromatic carbocycles. The first kappa shape index (κ1) is 45.2. The Kier molecular flexibility index (Phi) is 17.5. The number of carbonyl (C=O) groups excluding carboxylic acids is 2. The van der Waals surface area contributed by atoms with Crippen molar-refractivity contribution in [2.24, 2.45) is 17.6 Å². The third-order valence-corrected chi connectivity index (χ3v) is 9.45. The number of aliphatic carboxylic acids is 1. The molecule has 0 aliphatic carbocycles. The van der Waals surface area contributed by atoms with Crippen LogP contribution in [0.2, 0.25) is 0 Å². The van der Waals surface area contributed by atoms with E-state index in [1.165, 1.54) is 12.1 Å². The lowest BCUT2D eigenvalue weighted by atomic mass is 9.98. The molecule has 312 valence electrons. The van der Waals surface area contributed by atoms with Crippen molar-refractivity contribution in [1.29, 1.82) is 0 Å². The zero-order valence-electron chi connectivity index (χ0n) is 32.1. The van der Waals surface area contributed by atoms with Crippen molar-refractivity contribution < 1.29 is 50.9 Å². The van der Waals surface area contributed by atoms with Crippen LogP contribution >= 0.6 is 0 Å². The van der Waals surface area contributed by atoms with E-state index in [4.69, 9.17) is 25.1 Å². The van der Waals surface area contributed by atoms with Crippen LogP contribution in [0, 0.1) is 23.5 Å². The van der Waals surface area contributed by atoms with E-state index in [9.17, 15) is 31.5 Å². The number of halogens is 5. The Hall–Kier alpha value is -5.54. The molecule has 0 saturated carbocycles. The lowest BCUT2D eigenvalue weighted by molar-refractivity contribution is -0.192. The number of amides is 2. The zero-order chi connectivity index (χ0) is 42.1. The van der Waals surface area contributed by atoms with Crippen molar-refractivity contribution in [2.45, 2.75) is 43.9 Å². The van der Waals surface area contributed by atoms with Crippen molar-refractivity contribution in [2.75, 3.05) is 46.4 Å². The third kappa shape index (κ3) is 15.1. The number of carbonyl (C=O) groups is 3. The minimum atomic E-state index is -5.08. The number of nitrogens with one attached hydrogen (secondary N) is 1. The SMILES string of the molecule is CN[C@@H](CC(=O)N1CC(COc2ccccc2)C1)Cc1ccccc1F.N[C@@H](CC(=O)N1CC(COc2ccccc2)C1)Cc1ccccc1F.O=C(O)C(F)(F)F. The number of hydrogen-bond donors (Lipinski definition) is 3. The van der Waals surface area contributed by atoms with Gasteiger partial charge in [-0.05, 0) is 67.4 Å². The maximum absolute atomic E-state index is 13.8. The van der Waals surface area contributed by atoms with E-state index in [1.54, 1.807) is 35.2 Å². The van der Waals surface area contributed by atoms with E-state index < -0.39 is 12.1 Å². The Balaban J connectivity index is 0.000000221. The summed E-state index contributed by atoms with van der Waals surface area (Å²) in [7, 11) is 1.81. The molecule has 6 rings (SSSR count). The van der Waals surface area contributed by atoms with Gasteiger partial charge in [0, 0.05) is 62.9 Å². The Morgan fingerprint density at radius 2 is 1.07 bits per heavy atom. The monoisotopic (exact) mass is 812 g/mol. The molecule has 4 N–H and O–H groups in total. The second-order valence-electron chi connectivity index (χ2n) is 14.1. The number of rotatable bonds is 15. The molecule has 0 unspecified atom stereocenters. The molecule has 2 atom stereocenters. The second-order valence-corrected chi connectivity index (χ2v) is 14.1. The average molecular weight is 813 g/mol. The molecule has 4 aromatic rings. The summed E-state index contributed by atoms with van der Waals surface area (Å²) in [4.78, 5) is 37.2. The summed E-state index contributed by atoms with van der Waals surface area (Å²) >= 11 is 0. The molecule has 15 heteroatoms. The first-order valence-corrected chi connectivity index (χ1v) is 18.8. The van der Waals surface area contributed by atoms with Crippen LogP contribution in [0.3, 0.4) is 0 Å². The third-order valence-electron chi connectivity index (χ3n) is 9.45. The number of likely N-dealkylation sites (tertiary alicyclic amines) is 2. The van der Waals surface area contributed by atoms with Crippen LogP contribution in [0.5, 0.6) is 11.5 Å². The number of para-hydroxylation sites is 2. The number of ether oxygens (including phenoxy) is 2. The zero-order valence-corrected chi connectivity index (χ0v) is 32.1. The maximum atomic E-state index is 13.8. The molecule has 2 heterocycles. The smallest absolute Gasteiger partial charge is 0.490 e. The van der Waals surface area contributed by atoms with Gasteiger partial charge in [-0.15, -0.1) is 0 Å². The van der Waals surface area contributed by atoms with E-state index in [1.807, 2.05) is 78.7 Å². The Morgan fingerprint density at radius 3 is 1.47 bits per heavy atom. The van der Waals surface area contributed by atoms with Crippen molar-refractivity contribution in [3.8, 4) is 11.5 Å². The van der Waals surface area contributed by atoms with Crippen molar-refractivity contribution in [3.63, 3.8) is 0 Å². The van der Waals surface area contributed by atoms with Crippen LogP contribution in [0.1, 0.15) is 24.0 Å². The lowest BCUT2D eigenvalue weighted by Crippen LogP contribution is -2.53. The molecule has 2 amide bonds. The van der Waals surface area contributed by atoms with E-state index in [-0.39, 0.29) is 42.0 Å². The highest BCUT2D eigenvalue weighted by Gasteiger charge is 2.38. The molecule has 0 spiro atoms. The predicted molar refractivity (Wildman–Crippen MR) is 208 cm³/mol. The molecule has 0 bridgehead atoms. The van der Waals surface area contributed by atoms with Gasteiger partial charge < -0.3 is 35.4 Å². The van der Waals surface area contributed by atoms with E-state index in [2.05, 4.69) is 5.32 Å². The molecule has 0 aromatic heterocycles. The molecule has 2 aliphatic rings. The van der Waals surface area contributed by atoms with Crippen molar-refractivity contribution in [1.82, 2.24) is 15.1 Å². The van der Waals surface area contributed by atoms with Gasteiger partial charge in [0.25, 0.3) is 0 Å². The Bertz CT molecular complexity index is 1880. The highest BCUT2D eigenvalue weighted by molar-refractivity contribution is 5.78. The highest BCUT2D eigenvalue weighted by atomic mass is 19.4. The molecule has 2 aliphatic heterocycles. The summed E-state index contributed by atoms with van der Waals surface area (Å²) in [5.74, 6) is -0.680. The normalized spacial score (nSPS) is 14.9. The van der Waals surface area contributed by atoms with Gasteiger partial charge in [0.15, 0.2) is 0 Å². The van der Waals surface area contributed by atoms with Gasteiger partial charge in [-0.25, -0.2) is 13.6 Å². The number of nitrogens with two attached hydrogens (primary N) is 1. The fourth-order valence-electron chi connectivity index (χ4n) is 6.14. The first-order chi connectivity index (χ1) is 27.7. The number of alkyl halides is 3. The van der Waals surface area contributed by atoms with Gasteiger partial charge in [-0.3, -0.25) is 9.59 Å². The van der Waals surface area contributed by atoms with Gasteiger partial charge in [0.05, 0.1) is 13.2 Å². The highest BCUT2D eigenvalue weighted by Crippen LogP contribution is 2.22. The maximum Gasteiger partial charge on any atom is 0.490 e. The summed E-state index contributed by atoms with van der Waals surface area (Å²) in [5.41, 5.74) is 7.22. The van der Waals surface area contributed by atoms with E-state index in [0.717, 1.165) is 24.6 Å². The fraction of sp³-hybridized carbons (Fsp3) is 0.372. The van der Waals surface area contributed by atoms with Crippen LogP contribution in [-0.4, -0.2) is 97.4 Å². The second kappa shape index (κ2) is 22.4. The number of carboxylic acid groups (broad SMARTS) is 1. The predicted octanol–water partition coefficient (Wildman–Crippen LogP) is 6.14. The summed E-state index contributed by atoms with van der Waals surface area (Å²) in [6.45, 7) is 4.06. The van der Waals surface area contributed by atoms with Crippen LogP contribution in [0.4, 0.5) is 22.0 Å². The van der Waals surface area contributed by atoms with Crippen LogP contribution < -0.4 is 20.5 Å². The standard InChI is InChI=1S/C21H25FN2O2.C20H23FN2O2.C2HF3O2/c1-23-18(11-17-7-5-6-10-20(17)22)12-21(25)24-13-16(14-24)15-26-19-8-3-2-4-9-19;21-19-9-5-4-6-16(19)10-17(22)11-20(24)23-12-15(13-23)14-25-18-7-2-1-3-8-18;3-2(4,5)1(6)7/h2-10,16,18,23H,11-15H2,1H3;1-9,15,17H,10-14,22H2;(H,6,7)/t18-;17-;/m11./s1. The minimum absolute atomic E-state index is 0.0276. The Morgan fingerprint density at radius 1 is 0.690 bits per heavy atom. The lowest BCUT2D eigenvalue weighted by Gasteiger charge is -2.39. The topological polar surface area (TPSA) is 134 Å². The van der Waals surface area contributed by atoms with Gasteiger partial charge in [0.1, 0.15) is 23.1 Å². The van der Waals surface area contributed by atoms with Gasteiger partial charge >= 0.3 is 12.1 Å². The van der Waals surface area contributed by atoms with Crippen molar-refractivity contribution in [3.05, 3.63) is 132 Å². The van der Waals surface area contributed by atoms with E-state index >= 15 is 0 Å². The summed E-state index contributed by atoms with van der Waals surface area (Å²) < 4.78 is 70.6. The number of carboxylic acids is 1. The molecular weight excluding hydrogens is 763 g/mol. The van der Waals surface area contributed by atoms with Gasteiger partial charge in [-0.2, -0.15) is 13.2 Å². The summed E-state index contributed by atoms with van der Waals surface area (Å²) in [6, 6.07) is 32.2. The molecular formula is C43H49F5N4O6. The molecule has 0 radical (unpaired) electrons. The first-order valence-electron chi connectivity index (χ1n) is 18.8. The molecule has 58 heavy (non-hydrogen) atoms. The Labute approximate surface area is 334 Å². The van der Waals surface area contributed by atoms with Gasteiger partial charge in [0.2, 0.25) is 11.8 Å². The van der Waals surface area contributed by atoms with Crippen LogP contribution in [-0.2, 0) is 27.2 Å². The van der Waals surface area contributed by atoms with Crippen LogP contribution in [0.25, 0.3) is 0 Å². The van der Waals surface area contributed by atoms with Gasteiger partial charge in [-0.1, -0.05) is 72.8 Å². The fourth-order valence-corrected chi connectivity index (χ4v) is 6.14. The quantitative estimate of drug-likeness (QED) is 0.122. The number of likely N-dealkylation sites (N-methyl/N-ethyl adjacent to an activating group) is 1. The number of hydrogen-bond acceptors (Lipinski definition) is 7. The molecule has 10 nitrogen and oxygen atoms in total. The van der Waals surface area contributed by atoms with Crippen LogP contribution in [0.15, 0.2) is 109 Å². The minimum Gasteiger partial charge on any atom is -0.493 e. The number of nitrogens with zero attached hydrogens (tertiary/aromatic N) is 2. The largest absolute Gasteiger partial charge is 0.493 e.